The van der Waals surface area contributed by atoms with E-state index < -0.39 is 0 Å². The summed E-state index contributed by atoms with van der Waals surface area (Å²) >= 11 is 5.41. The summed E-state index contributed by atoms with van der Waals surface area (Å²) in [5, 5.41) is 6.98. The molecule has 0 atom stereocenters. The smallest absolute Gasteiger partial charge is 0.170 e. The lowest BCUT2D eigenvalue weighted by Gasteiger charge is -2.32. The first-order valence-corrected chi connectivity index (χ1v) is 13.0. The van der Waals surface area contributed by atoms with Crippen LogP contribution >= 0.6 is 12.2 Å². The number of nitrogens with zero attached hydrogens (tertiary/aromatic N) is 4. The van der Waals surface area contributed by atoms with Crippen molar-refractivity contribution in [3.63, 3.8) is 0 Å². The fourth-order valence-corrected chi connectivity index (χ4v) is 5.11. The number of piperidine rings is 1. The molecule has 4 N–H and O–H groups in total. The van der Waals surface area contributed by atoms with Crippen molar-refractivity contribution in [3.05, 3.63) is 84.4 Å². The van der Waals surface area contributed by atoms with Crippen molar-refractivity contribution in [1.82, 2.24) is 24.8 Å². The largest absolute Gasteiger partial charge is 0.397 e. The maximum atomic E-state index is 5.95. The van der Waals surface area contributed by atoms with Crippen molar-refractivity contribution >= 4 is 39.7 Å². The number of aromatic nitrogens is 3. The van der Waals surface area contributed by atoms with Crippen LogP contribution in [0.25, 0.3) is 11.0 Å². The lowest BCUT2D eigenvalue weighted by Crippen LogP contribution is -2.41. The number of imidazole rings is 1. The average molecular weight is 500 g/mol. The summed E-state index contributed by atoms with van der Waals surface area (Å²) in [7, 11) is 0. The van der Waals surface area contributed by atoms with Crippen LogP contribution in [-0.4, -0.2) is 50.7 Å². The summed E-state index contributed by atoms with van der Waals surface area (Å²) in [6.07, 6.45) is 6.74. The summed E-state index contributed by atoms with van der Waals surface area (Å²) in [4.78, 5) is 11.6. The number of hydrogen-bond donors (Lipinski definition) is 3. The molecule has 186 valence electrons. The second-order valence-electron chi connectivity index (χ2n) is 9.42. The van der Waals surface area contributed by atoms with E-state index in [-0.39, 0.29) is 0 Å². The van der Waals surface area contributed by atoms with Gasteiger partial charge in [0, 0.05) is 32.3 Å². The van der Waals surface area contributed by atoms with Gasteiger partial charge in [-0.3, -0.25) is 4.98 Å². The maximum Gasteiger partial charge on any atom is 0.170 e. The number of thiocarbonyl (C=S) groups is 1. The highest BCUT2D eigenvalue weighted by Crippen LogP contribution is 2.25. The number of nitrogens with two attached hydrogens (primary N) is 1. The van der Waals surface area contributed by atoms with E-state index in [0.717, 1.165) is 50.3 Å². The van der Waals surface area contributed by atoms with E-state index in [1.807, 2.05) is 0 Å². The fraction of sp³-hybridized carbons (Fsp3) is 0.321. The predicted molar refractivity (Wildman–Crippen MR) is 151 cm³/mol. The van der Waals surface area contributed by atoms with E-state index in [1.165, 1.54) is 29.7 Å². The minimum absolute atomic E-state index is 0.571. The van der Waals surface area contributed by atoms with Gasteiger partial charge >= 0.3 is 0 Å². The first kappa shape index (κ1) is 24.2. The Bertz CT molecular complexity index is 1300. The Balaban J connectivity index is 1.12. The van der Waals surface area contributed by atoms with Gasteiger partial charge in [0.05, 0.1) is 28.6 Å². The molecule has 0 unspecified atom stereocenters. The third-order valence-corrected chi connectivity index (χ3v) is 7.16. The van der Waals surface area contributed by atoms with Crippen molar-refractivity contribution in [1.29, 1.82) is 0 Å². The summed E-state index contributed by atoms with van der Waals surface area (Å²) < 4.78 is 2.41. The van der Waals surface area contributed by atoms with Crippen LogP contribution in [0.4, 0.5) is 11.4 Å². The van der Waals surface area contributed by atoms with Crippen LogP contribution in [-0.2, 0) is 13.0 Å². The molecule has 0 aliphatic carbocycles. The molecular weight excluding hydrogens is 466 g/mol. The van der Waals surface area contributed by atoms with Crippen molar-refractivity contribution in [3.8, 4) is 0 Å². The topological polar surface area (TPSA) is 84.0 Å². The Morgan fingerprint density at radius 1 is 1.03 bits per heavy atom. The number of likely N-dealkylation sites (tertiary alicyclic amines) is 1. The molecule has 1 aliphatic heterocycles. The molecule has 0 spiro atoms. The molecule has 8 heteroatoms. The van der Waals surface area contributed by atoms with Gasteiger partial charge in [-0.05, 0) is 67.8 Å². The van der Waals surface area contributed by atoms with Crippen molar-refractivity contribution in [2.75, 3.05) is 37.2 Å². The molecule has 0 amide bonds. The molecule has 0 bridgehead atoms. The molecule has 2 aromatic carbocycles. The van der Waals surface area contributed by atoms with E-state index in [9.17, 15) is 0 Å². The molecular formula is C28H33N7S. The molecule has 7 nitrogen and oxygen atoms in total. The summed E-state index contributed by atoms with van der Waals surface area (Å²) in [5.41, 5.74) is 10.9. The fourth-order valence-electron chi connectivity index (χ4n) is 4.90. The number of para-hydroxylation sites is 2. The number of anilines is 2. The first-order chi connectivity index (χ1) is 17.7. The number of benzene rings is 2. The summed E-state index contributed by atoms with van der Waals surface area (Å²) in [5.74, 6) is 1.85. The van der Waals surface area contributed by atoms with Gasteiger partial charge in [0.1, 0.15) is 5.82 Å². The number of fused-ring (bicyclic) bond motifs is 1. The van der Waals surface area contributed by atoms with Gasteiger partial charge in [-0.1, -0.05) is 42.5 Å². The van der Waals surface area contributed by atoms with Gasteiger partial charge in [-0.2, -0.15) is 0 Å². The highest BCUT2D eigenvalue weighted by molar-refractivity contribution is 7.80. The van der Waals surface area contributed by atoms with Crippen molar-refractivity contribution in [2.45, 2.75) is 25.8 Å². The van der Waals surface area contributed by atoms with E-state index >= 15 is 0 Å². The zero-order valence-corrected chi connectivity index (χ0v) is 21.3. The van der Waals surface area contributed by atoms with Gasteiger partial charge < -0.3 is 25.8 Å². The van der Waals surface area contributed by atoms with Gasteiger partial charge in [0.15, 0.2) is 5.11 Å². The molecule has 3 heterocycles. The number of pyridine rings is 1. The highest BCUT2D eigenvalue weighted by atomic mass is 32.1. The van der Waals surface area contributed by atoms with Gasteiger partial charge in [0.2, 0.25) is 0 Å². The third-order valence-electron chi connectivity index (χ3n) is 6.91. The molecule has 1 aliphatic rings. The molecule has 2 aromatic heterocycles. The summed E-state index contributed by atoms with van der Waals surface area (Å²) in [6, 6.07) is 20.9. The zero-order chi connectivity index (χ0) is 24.7. The normalized spacial score (nSPS) is 14.7. The zero-order valence-electron chi connectivity index (χ0n) is 20.4. The Hall–Kier alpha value is -3.49. The number of hydrogen-bond acceptors (Lipinski definition) is 5. The van der Waals surface area contributed by atoms with Gasteiger partial charge in [-0.25, -0.2) is 4.98 Å². The van der Waals surface area contributed by atoms with Crippen LogP contribution in [0.15, 0.2) is 73.1 Å². The lowest BCUT2D eigenvalue weighted by atomic mass is 9.93. The van der Waals surface area contributed by atoms with E-state index in [2.05, 4.69) is 79.7 Å². The second kappa shape index (κ2) is 11.5. The Kier molecular flexibility index (Phi) is 7.73. The lowest BCUT2D eigenvalue weighted by molar-refractivity contribution is 0.185. The van der Waals surface area contributed by atoms with Crippen molar-refractivity contribution in [2.24, 2.45) is 5.92 Å². The van der Waals surface area contributed by atoms with Gasteiger partial charge in [0.25, 0.3) is 0 Å². The van der Waals surface area contributed by atoms with E-state index in [1.54, 1.807) is 18.5 Å². The van der Waals surface area contributed by atoms with Crippen LogP contribution in [0.3, 0.4) is 0 Å². The third kappa shape index (κ3) is 6.01. The van der Waals surface area contributed by atoms with Crippen LogP contribution in [0.1, 0.15) is 24.2 Å². The van der Waals surface area contributed by atoms with E-state index in [0.29, 0.717) is 16.7 Å². The molecule has 5 rings (SSSR count). The van der Waals surface area contributed by atoms with E-state index in [4.69, 9.17) is 22.9 Å². The second-order valence-corrected chi connectivity index (χ2v) is 9.83. The first-order valence-electron chi connectivity index (χ1n) is 12.6. The Morgan fingerprint density at radius 3 is 2.61 bits per heavy atom. The number of rotatable bonds is 8. The minimum atomic E-state index is 0.571. The Morgan fingerprint density at radius 2 is 1.81 bits per heavy atom. The highest BCUT2D eigenvalue weighted by Gasteiger charge is 2.22. The minimum Gasteiger partial charge on any atom is -0.397 e. The average Bonchev–Trinajstić information content (AvgIpc) is 3.24. The molecule has 0 saturated carbocycles. The molecule has 0 radical (unpaired) electrons. The molecule has 4 aromatic rings. The molecule has 1 fully saturated rings. The van der Waals surface area contributed by atoms with Crippen LogP contribution in [0.5, 0.6) is 0 Å². The molecule has 1 saturated heterocycles. The number of nitrogen functional groups attached to an aromatic ring is 1. The van der Waals surface area contributed by atoms with Crippen molar-refractivity contribution < 1.29 is 0 Å². The number of nitrogens with one attached hydrogen (secondary N) is 2. The standard InChI is InChI=1S/C28H33N7S/c29-23-10-13-30-19-25(23)33-28(36)31-14-17-34-15-11-21(12-16-34)18-27-32-24-8-4-5-9-26(24)35(27)20-22-6-2-1-3-7-22/h1-10,13,19,21H,11-12,14-18,20H2,(H2,29,30)(H2,31,33,36). The predicted octanol–water partition coefficient (Wildman–Crippen LogP) is 4.30. The monoisotopic (exact) mass is 499 g/mol. The quantitative estimate of drug-likeness (QED) is 0.312. The van der Waals surface area contributed by atoms with Crippen LogP contribution < -0.4 is 16.4 Å². The SMILES string of the molecule is Nc1ccncc1NC(=S)NCCN1CCC(Cc2nc3ccccc3n2Cc2ccccc2)CC1. The maximum absolute atomic E-state index is 5.95. The van der Waals surface area contributed by atoms with Crippen LogP contribution in [0.2, 0.25) is 0 Å². The molecule has 36 heavy (non-hydrogen) atoms. The summed E-state index contributed by atoms with van der Waals surface area (Å²) in [6.45, 7) is 4.81. The van der Waals surface area contributed by atoms with Crippen LogP contribution in [0, 0.1) is 5.92 Å². The van der Waals surface area contributed by atoms with Gasteiger partial charge in [-0.15, -0.1) is 0 Å². The Labute approximate surface area is 217 Å².